The molecule has 3 aromatic rings. The van der Waals surface area contributed by atoms with Crippen molar-refractivity contribution in [2.45, 2.75) is 84.1 Å². The third-order valence-electron chi connectivity index (χ3n) is 11.0. The number of allylic oxidation sites excluding steroid dienone is 1. The van der Waals surface area contributed by atoms with Gasteiger partial charge in [-0.15, -0.1) is 6.58 Å². The molecular weight excluding hydrogens is 665 g/mol. The molecule has 3 fully saturated rings. The van der Waals surface area contributed by atoms with Crippen LogP contribution in [0.4, 0.5) is 5.69 Å². The first-order valence-corrected chi connectivity index (χ1v) is 19.4. The van der Waals surface area contributed by atoms with Gasteiger partial charge in [-0.25, -0.2) is 13.4 Å². The predicted octanol–water partition coefficient (Wildman–Crippen LogP) is 6.07. The average molecular weight is 715 g/mol. The van der Waals surface area contributed by atoms with Crippen LogP contribution in [0, 0.1) is 29.6 Å². The molecule has 1 aromatic heterocycles. The number of ketones is 1. The predicted molar refractivity (Wildman–Crippen MR) is 200 cm³/mol. The van der Waals surface area contributed by atoms with Crippen molar-refractivity contribution in [3.05, 3.63) is 66.7 Å². The minimum Gasteiger partial charge on any atom is -0.472 e. The summed E-state index contributed by atoms with van der Waals surface area (Å²) >= 11 is 0. The fourth-order valence-electron chi connectivity index (χ4n) is 7.04. The quantitative estimate of drug-likeness (QED) is 0.224. The van der Waals surface area contributed by atoms with E-state index in [1.54, 1.807) is 11.0 Å². The van der Waals surface area contributed by atoms with Gasteiger partial charge in [-0.3, -0.25) is 19.1 Å². The summed E-state index contributed by atoms with van der Waals surface area (Å²) in [6, 6.07) is 15.4. The van der Waals surface area contributed by atoms with E-state index < -0.39 is 44.7 Å². The van der Waals surface area contributed by atoms with E-state index in [4.69, 9.17) is 9.72 Å². The third-order valence-corrected chi connectivity index (χ3v) is 12.9. The summed E-state index contributed by atoms with van der Waals surface area (Å²) in [6.45, 7) is 13.9. The first-order valence-electron chi connectivity index (χ1n) is 17.8. The molecule has 2 amide bonds. The Bertz CT molecular complexity index is 2000. The van der Waals surface area contributed by atoms with Gasteiger partial charge in [-0.2, -0.15) is 0 Å². The molecule has 2 heterocycles. The summed E-state index contributed by atoms with van der Waals surface area (Å²) in [6.07, 6.45) is 2.44. The second kappa shape index (κ2) is 13.4. The summed E-state index contributed by atoms with van der Waals surface area (Å²) < 4.78 is 34.3. The maximum Gasteiger partial charge on any atom is 0.240 e. The molecule has 1 N–H and O–H groups in total. The number of sulfonamides is 1. The second-order valence-corrected chi connectivity index (χ2v) is 18.0. The molecule has 0 radical (unpaired) electrons. The summed E-state index contributed by atoms with van der Waals surface area (Å²) in [5.41, 5.74) is 2.22. The Kier molecular flexibility index (Phi) is 9.59. The lowest BCUT2D eigenvalue weighted by Gasteiger charge is -2.33. The summed E-state index contributed by atoms with van der Waals surface area (Å²) in [7, 11) is 0.174. The van der Waals surface area contributed by atoms with Gasteiger partial charge >= 0.3 is 0 Å². The minimum atomic E-state index is -3.80. The number of hydrogen-bond acceptors (Lipinski definition) is 8. The third kappa shape index (κ3) is 7.40. The first kappa shape index (κ1) is 36.5. The molecule has 11 heteroatoms. The van der Waals surface area contributed by atoms with E-state index >= 15 is 0 Å². The number of nitrogens with one attached hydrogen (secondary N) is 1. The van der Waals surface area contributed by atoms with E-state index in [1.165, 1.54) is 0 Å². The Labute approximate surface area is 301 Å². The first-order chi connectivity index (χ1) is 23.9. The number of Topliss-reactive ketones (excluding diaryl/α,β-unsaturated/α-hetero) is 1. The molecule has 1 saturated heterocycles. The van der Waals surface area contributed by atoms with Crippen molar-refractivity contribution in [1.82, 2.24) is 14.6 Å². The number of benzene rings is 2. The number of rotatable bonds is 12. The zero-order valence-corrected chi connectivity index (χ0v) is 31.5. The number of carbonyl (C=O) groups is 3. The SMILES string of the molecule is C=CC1C[C@]1(CC(=O)[C@@H]1C[C@@H](Oc2nc(-c3cccc(N(C)C)c3)cc3cc(C)ccc23)CN1C(=O)[C@@H](C)C(C)(C)C)C(=O)NS(=O)(=O)C1CC1. The lowest BCUT2D eigenvalue weighted by molar-refractivity contribution is -0.144. The molecule has 1 aliphatic heterocycles. The van der Waals surface area contributed by atoms with Gasteiger partial charge in [-0.05, 0) is 67.2 Å². The van der Waals surface area contributed by atoms with E-state index in [0.29, 0.717) is 25.1 Å². The lowest BCUT2D eigenvalue weighted by atomic mass is 9.81. The van der Waals surface area contributed by atoms with Crippen LogP contribution in [0.1, 0.15) is 65.4 Å². The monoisotopic (exact) mass is 714 g/mol. The van der Waals surface area contributed by atoms with E-state index in [2.05, 4.69) is 23.4 Å². The highest BCUT2D eigenvalue weighted by Gasteiger charge is 2.61. The van der Waals surface area contributed by atoms with Gasteiger partial charge in [0.15, 0.2) is 5.78 Å². The highest BCUT2D eigenvalue weighted by Crippen LogP contribution is 2.57. The van der Waals surface area contributed by atoms with Crippen molar-refractivity contribution in [3.8, 4) is 17.1 Å². The van der Waals surface area contributed by atoms with Gasteiger partial charge in [0.25, 0.3) is 0 Å². The maximum atomic E-state index is 14.3. The fourth-order valence-corrected chi connectivity index (χ4v) is 8.43. The molecule has 2 saturated carbocycles. The van der Waals surface area contributed by atoms with Crippen molar-refractivity contribution < 1.29 is 27.5 Å². The zero-order chi connectivity index (χ0) is 37.0. The number of nitrogens with zero attached hydrogens (tertiary/aromatic N) is 3. The number of carbonyl (C=O) groups excluding carboxylic acids is 3. The Morgan fingerprint density at radius 3 is 2.49 bits per heavy atom. The molecule has 10 nitrogen and oxygen atoms in total. The molecule has 0 bridgehead atoms. The van der Waals surface area contributed by atoms with Crippen LogP contribution >= 0.6 is 0 Å². The van der Waals surface area contributed by atoms with Gasteiger partial charge in [0, 0.05) is 49.5 Å². The Balaban J connectivity index is 1.31. The number of hydrogen-bond donors (Lipinski definition) is 1. The number of amides is 2. The number of aryl methyl sites for hydroxylation is 1. The minimum absolute atomic E-state index is 0.166. The summed E-state index contributed by atoms with van der Waals surface area (Å²) in [5, 5.41) is 1.21. The van der Waals surface area contributed by atoms with Crippen molar-refractivity contribution in [1.29, 1.82) is 0 Å². The number of aromatic nitrogens is 1. The maximum absolute atomic E-state index is 14.3. The van der Waals surface area contributed by atoms with Gasteiger partial charge in [-0.1, -0.05) is 63.6 Å². The van der Waals surface area contributed by atoms with Gasteiger partial charge in [0.2, 0.25) is 27.7 Å². The average Bonchev–Trinajstić information content (AvgIpc) is 4.00. The standard InChI is InChI=1S/C40H50N4O6S/c1-9-28-21-40(28,38(47)42-51(48,49)31-14-15-31)22-35(45)34-20-30(23-44(34)37(46)25(3)39(4,5)6)50-36-32-16-13-24(2)17-27(32)19-33(41-36)26-11-10-12-29(18-26)43(7)8/h9-13,16-19,25,28,30-31,34H,1,14-15,20-23H2,2-8H3,(H,42,47)/t25-,28?,30-,34+,40-/m1/s1. The molecule has 2 aliphatic carbocycles. The van der Waals surface area contributed by atoms with Crippen molar-refractivity contribution in [3.63, 3.8) is 0 Å². The molecule has 51 heavy (non-hydrogen) atoms. The molecule has 5 atom stereocenters. The van der Waals surface area contributed by atoms with E-state index in [9.17, 15) is 22.8 Å². The fraction of sp³-hybridized carbons (Fsp3) is 0.500. The van der Waals surface area contributed by atoms with Crippen molar-refractivity contribution in [2.75, 3.05) is 25.5 Å². The van der Waals surface area contributed by atoms with E-state index in [0.717, 1.165) is 33.3 Å². The molecule has 1 unspecified atom stereocenters. The van der Waals surface area contributed by atoms with Crippen LogP contribution in [0.15, 0.2) is 61.2 Å². The van der Waals surface area contributed by atoms with Crippen LogP contribution in [0.3, 0.4) is 0 Å². The molecule has 6 rings (SSSR count). The Morgan fingerprint density at radius 2 is 1.86 bits per heavy atom. The lowest BCUT2D eigenvalue weighted by Crippen LogP contribution is -2.47. The van der Waals surface area contributed by atoms with Crippen LogP contribution in [0.25, 0.3) is 22.0 Å². The van der Waals surface area contributed by atoms with Crippen LogP contribution in [0.2, 0.25) is 0 Å². The van der Waals surface area contributed by atoms with Crippen molar-refractivity contribution >= 4 is 44.1 Å². The van der Waals surface area contributed by atoms with Crippen LogP contribution in [-0.2, 0) is 24.4 Å². The number of anilines is 1. The largest absolute Gasteiger partial charge is 0.472 e. The second-order valence-electron chi connectivity index (χ2n) is 16.1. The van der Waals surface area contributed by atoms with Gasteiger partial charge in [0.1, 0.15) is 6.10 Å². The molecule has 2 aromatic carbocycles. The molecular formula is C40H50N4O6S. The topological polar surface area (TPSA) is 126 Å². The van der Waals surface area contributed by atoms with E-state index in [-0.39, 0.29) is 42.4 Å². The Morgan fingerprint density at radius 1 is 1.14 bits per heavy atom. The van der Waals surface area contributed by atoms with Crippen LogP contribution < -0.4 is 14.4 Å². The summed E-state index contributed by atoms with van der Waals surface area (Å²) in [5.74, 6) is -1.44. The molecule has 3 aliphatic rings. The smallest absolute Gasteiger partial charge is 0.240 e. The van der Waals surface area contributed by atoms with Crippen LogP contribution in [-0.4, -0.2) is 73.9 Å². The highest BCUT2D eigenvalue weighted by atomic mass is 32.2. The van der Waals surface area contributed by atoms with Crippen LogP contribution in [0.5, 0.6) is 5.88 Å². The van der Waals surface area contributed by atoms with Gasteiger partial charge in [0.05, 0.1) is 28.9 Å². The van der Waals surface area contributed by atoms with Crippen molar-refractivity contribution in [2.24, 2.45) is 22.7 Å². The number of likely N-dealkylation sites (tertiary alicyclic amines) is 1. The highest BCUT2D eigenvalue weighted by molar-refractivity contribution is 7.90. The summed E-state index contributed by atoms with van der Waals surface area (Å²) in [4.78, 5) is 50.6. The van der Waals surface area contributed by atoms with Gasteiger partial charge < -0.3 is 14.5 Å². The molecule has 272 valence electrons. The zero-order valence-electron chi connectivity index (χ0n) is 30.7. The van der Waals surface area contributed by atoms with E-state index in [1.807, 2.05) is 90.0 Å². The molecule has 0 spiro atoms. The number of pyridine rings is 1. The number of ether oxygens (including phenoxy) is 1. The normalized spacial score (nSPS) is 23.8. The Hall–Kier alpha value is -4.25. The number of fused-ring (bicyclic) bond motifs is 1.